The van der Waals surface area contributed by atoms with E-state index >= 15 is 0 Å². The van der Waals surface area contributed by atoms with Gasteiger partial charge < -0.3 is 44.0 Å². The molecule has 1 amide bonds. The van der Waals surface area contributed by atoms with Gasteiger partial charge in [-0.2, -0.15) is 0 Å². The van der Waals surface area contributed by atoms with E-state index in [0.717, 1.165) is 0 Å². The number of esters is 1. The molecule has 9 atom stereocenters. The van der Waals surface area contributed by atoms with Crippen molar-refractivity contribution in [3.05, 3.63) is 79.1 Å². The number of rotatable bonds is 2. The van der Waals surface area contributed by atoms with Crippen LogP contribution in [-0.2, 0) is 23.8 Å². The number of fused-ring (bicyclic) bond motifs is 2. The van der Waals surface area contributed by atoms with Crippen molar-refractivity contribution in [2.45, 2.75) is 85.6 Å². The summed E-state index contributed by atoms with van der Waals surface area (Å²) < 4.78 is 30.5. The number of anilines is 1. The number of carbonyl (C=O) groups excluding carboxylic acids is 3. The summed E-state index contributed by atoms with van der Waals surface area (Å²) in [6, 6.07) is 3.16. The average molecular weight is 898 g/mol. The van der Waals surface area contributed by atoms with Crippen molar-refractivity contribution in [3.8, 4) is 11.5 Å². The minimum atomic E-state index is -2.05. The molecule has 0 unspecified atom stereocenters. The Labute approximate surface area is 352 Å². The van der Waals surface area contributed by atoms with Gasteiger partial charge in [-0.1, -0.05) is 73.5 Å². The zero-order valence-electron chi connectivity index (χ0n) is 33.9. The van der Waals surface area contributed by atoms with Gasteiger partial charge >= 0.3 is 11.8 Å². The fourth-order valence-electron chi connectivity index (χ4n) is 7.84. The summed E-state index contributed by atoms with van der Waals surface area (Å²) in [4.78, 5) is 59.7. The number of hydrogen-bond donors (Lipinski definition) is 4. The van der Waals surface area contributed by atoms with E-state index in [0.29, 0.717) is 4.47 Å². The van der Waals surface area contributed by atoms with Crippen LogP contribution in [0.15, 0.2) is 62.0 Å². The molecular formula is C43H46BrClN2O12. The van der Waals surface area contributed by atoms with Gasteiger partial charge in [-0.15, -0.1) is 0 Å². The topological polar surface area (TPSA) is 204 Å². The molecule has 6 rings (SSSR count). The number of ketones is 1. The van der Waals surface area contributed by atoms with Crippen molar-refractivity contribution < 1.29 is 53.1 Å². The largest absolute Gasteiger partial charge is 0.505 e. The maximum Gasteiger partial charge on any atom is 0.312 e. The number of hydrogen-bond acceptors (Lipinski definition) is 13. The second kappa shape index (κ2) is 16.7. The number of nitrogens with zero attached hydrogens (tertiary/aromatic N) is 1. The van der Waals surface area contributed by atoms with Gasteiger partial charge in [0.15, 0.2) is 22.3 Å². The van der Waals surface area contributed by atoms with Gasteiger partial charge in [-0.3, -0.25) is 19.2 Å². The van der Waals surface area contributed by atoms with Crippen LogP contribution in [0.3, 0.4) is 0 Å². The number of carbonyl (C=O) groups is 3. The third-order valence-electron chi connectivity index (χ3n) is 11.4. The maximum absolute atomic E-state index is 14.6. The summed E-state index contributed by atoms with van der Waals surface area (Å²) in [6.45, 7) is 12.5. The van der Waals surface area contributed by atoms with Crippen molar-refractivity contribution >= 4 is 83.8 Å². The van der Waals surface area contributed by atoms with Crippen LogP contribution in [0.2, 0.25) is 5.02 Å². The van der Waals surface area contributed by atoms with Gasteiger partial charge in [-0.25, -0.2) is 4.98 Å². The van der Waals surface area contributed by atoms with Crippen LogP contribution in [0.25, 0.3) is 33.0 Å². The molecule has 0 saturated carbocycles. The number of phenolic OH excluding ortho intramolecular Hbond substituents is 1. The number of phenols is 1. The number of aliphatic hydroxyl groups is 2. The minimum Gasteiger partial charge on any atom is -0.505 e. The molecule has 314 valence electrons. The van der Waals surface area contributed by atoms with E-state index in [4.69, 9.17) is 39.9 Å². The summed E-state index contributed by atoms with van der Waals surface area (Å²) in [5, 5.41) is 37.2. The Hall–Kier alpha value is -4.80. The van der Waals surface area contributed by atoms with E-state index < -0.39 is 82.7 Å². The first-order valence-corrected chi connectivity index (χ1v) is 20.1. The molecule has 4 bridgehead atoms. The van der Waals surface area contributed by atoms with Gasteiger partial charge in [0.25, 0.3) is 11.7 Å². The number of aliphatic hydroxyl groups excluding tert-OH is 2. The lowest BCUT2D eigenvalue weighted by Gasteiger charge is -2.38. The van der Waals surface area contributed by atoms with Gasteiger partial charge in [0.05, 0.1) is 40.5 Å². The highest BCUT2D eigenvalue weighted by Gasteiger charge is 2.49. The molecule has 2 aliphatic rings. The number of nitrogens with one attached hydrogen (secondary N) is 1. The van der Waals surface area contributed by atoms with Crippen molar-refractivity contribution in [1.29, 1.82) is 0 Å². The van der Waals surface area contributed by atoms with Gasteiger partial charge in [-0.05, 0) is 32.1 Å². The number of aromatic hydroxyl groups is 1. The van der Waals surface area contributed by atoms with Crippen LogP contribution in [0, 0.1) is 30.6 Å². The Morgan fingerprint density at radius 2 is 1.69 bits per heavy atom. The number of allylic oxidation sites excluding steroid dienone is 2. The van der Waals surface area contributed by atoms with E-state index in [1.54, 1.807) is 52.0 Å². The van der Waals surface area contributed by atoms with Crippen LogP contribution >= 0.6 is 27.5 Å². The second-order valence-corrected chi connectivity index (χ2v) is 16.8. The van der Waals surface area contributed by atoms with Crippen molar-refractivity contribution in [2.24, 2.45) is 23.7 Å². The molecule has 4 N–H and O–H groups in total. The molecule has 0 radical (unpaired) electrons. The number of halogens is 2. The Kier molecular flexibility index (Phi) is 12.4. The number of amides is 1. The van der Waals surface area contributed by atoms with E-state index in [1.165, 1.54) is 53.2 Å². The molecular weight excluding hydrogens is 852 g/mol. The van der Waals surface area contributed by atoms with Crippen LogP contribution in [0.1, 0.15) is 64.4 Å². The summed E-state index contributed by atoms with van der Waals surface area (Å²) in [5.74, 6) is -7.36. The minimum absolute atomic E-state index is 0.0267. The molecule has 3 aromatic carbocycles. The lowest BCUT2D eigenvalue weighted by atomic mass is 9.78. The summed E-state index contributed by atoms with van der Waals surface area (Å²) in [7, 11) is 1.43. The summed E-state index contributed by atoms with van der Waals surface area (Å²) in [5.41, 5.74) is -0.930. The number of aromatic nitrogens is 1. The highest BCUT2D eigenvalue weighted by atomic mass is 79.9. The molecule has 16 heteroatoms. The molecule has 14 nitrogen and oxygen atoms in total. The van der Waals surface area contributed by atoms with Crippen LogP contribution in [-0.4, -0.2) is 75.3 Å². The molecule has 0 saturated heterocycles. The van der Waals surface area contributed by atoms with Gasteiger partial charge in [0.2, 0.25) is 0 Å². The standard InChI is InChI=1S/C43H46BrClN2O12/c1-17-11-10-12-18(2)42(54)47-33-37(52)29-28(32-40(33)58-27-16-24(44)15-25(45)31(27)46-32)30-39(22(6)36(29)51)59-43(8,41(30)53)56-14-13-26(55-9)19(3)38(57-23(7)48)21(5)35(50)20(4)34(17)49/h10-17,19-21,26,34-35,38,49-50,52H,1-9H3,(H,47,54)/b11-10+,14-13+,18-12-/t17-,19+,20+,21+,26-,34-,35+,38+,43-/m0/s1. The predicted molar refractivity (Wildman–Crippen MR) is 225 cm³/mol. The lowest BCUT2D eigenvalue weighted by molar-refractivity contribution is -0.160. The molecule has 59 heavy (non-hydrogen) atoms. The number of ether oxygens (including phenoxy) is 4. The average Bonchev–Trinajstić information content (AvgIpc) is 3.45. The van der Waals surface area contributed by atoms with E-state index in [-0.39, 0.29) is 66.1 Å². The van der Waals surface area contributed by atoms with Crippen molar-refractivity contribution in [3.63, 3.8) is 0 Å². The van der Waals surface area contributed by atoms with E-state index in [9.17, 15) is 34.5 Å². The number of Topliss-reactive ketones (excluding diaryl/α,β-unsaturated/α-hetero) is 1. The molecule has 1 aromatic heterocycles. The summed E-state index contributed by atoms with van der Waals surface area (Å²) >= 11 is 10.0. The highest BCUT2D eigenvalue weighted by Crippen LogP contribution is 2.49. The smallest absolute Gasteiger partial charge is 0.312 e. The first kappa shape index (κ1) is 43.8. The molecule has 0 aliphatic carbocycles. The first-order valence-electron chi connectivity index (χ1n) is 19.0. The number of benzene rings is 3. The normalized spacial score (nSPS) is 30.2. The van der Waals surface area contributed by atoms with Gasteiger partial charge in [0, 0.05) is 65.6 Å². The van der Waals surface area contributed by atoms with Crippen LogP contribution in [0.5, 0.6) is 11.5 Å². The molecule has 3 heterocycles. The van der Waals surface area contributed by atoms with Crippen molar-refractivity contribution in [1.82, 2.24) is 4.98 Å². The maximum atomic E-state index is 14.6. The second-order valence-electron chi connectivity index (χ2n) is 15.5. The zero-order valence-corrected chi connectivity index (χ0v) is 36.2. The van der Waals surface area contributed by atoms with Gasteiger partial charge in [0.1, 0.15) is 28.6 Å². The van der Waals surface area contributed by atoms with Crippen LogP contribution in [0.4, 0.5) is 5.69 Å². The predicted octanol–water partition coefficient (Wildman–Crippen LogP) is 7.41. The third kappa shape index (κ3) is 7.86. The SMILES string of the molecule is CO[C@H]1/C=C/O[C@@]2(C)Oc3c(C)c(=O)c4c(O)c(c5oc6cc(Br)cc(Cl)c6nc5c4c3C2=O)NC(=O)/C(C)=C\C=C\[C@H](C)[C@H](O)[C@@H](C)[C@@H](O)[C@@H](C)[C@H](OC(C)=O)[C@@H]1C. The Morgan fingerprint density at radius 1 is 1.00 bits per heavy atom. The highest BCUT2D eigenvalue weighted by molar-refractivity contribution is 9.10. The quantitative estimate of drug-likeness (QED) is 0.0671. The summed E-state index contributed by atoms with van der Waals surface area (Å²) in [6.07, 6.45) is 3.53. The molecule has 0 fully saturated rings. The number of methoxy groups -OCH3 is 1. The van der Waals surface area contributed by atoms with E-state index in [2.05, 4.69) is 21.2 Å². The first-order chi connectivity index (χ1) is 27.7. The molecule has 2 aliphatic heterocycles. The van der Waals surface area contributed by atoms with E-state index in [1.807, 2.05) is 0 Å². The van der Waals surface area contributed by atoms with Crippen LogP contribution < -0.4 is 15.5 Å². The third-order valence-corrected chi connectivity index (χ3v) is 12.1. The Balaban J connectivity index is 1.60. The lowest BCUT2D eigenvalue weighted by Crippen LogP contribution is -2.46. The fraction of sp³-hybridized carbons (Fsp3) is 0.419. The Morgan fingerprint density at radius 3 is 2.36 bits per heavy atom. The fourth-order valence-corrected chi connectivity index (χ4v) is 8.66. The monoisotopic (exact) mass is 896 g/mol. The molecule has 0 spiro atoms. The molecule has 4 aromatic rings. The van der Waals surface area contributed by atoms with Crippen molar-refractivity contribution in [2.75, 3.05) is 12.4 Å². The zero-order chi connectivity index (χ0) is 43.4. The Bertz CT molecular complexity index is 2550.